The summed E-state index contributed by atoms with van der Waals surface area (Å²) in [6.45, 7) is 0.165. The number of nitrogens with two attached hydrogens (primary N) is 1. The lowest BCUT2D eigenvalue weighted by atomic mass is 10.2. The number of hydrogen-bond donors (Lipinski definition) is 2. The molecule has 3 heterocycles. The molecule has 0 spiro atoms. The molecule has 0 saturated carbocycles. The number of pyridine rings is 1. The highest BCUT2D eigenvalue weighted by atomic mass is 16.2. The summed E-state index contributed by atoms with van der Waals surface area (Å²) in [5.41, 5.74) is 9.20. The van der Waals surface area contributed by atoms with E-state index in [-0.39, 0.29) is 6.61 Å². The quantitative estimate of drug-likeness (QED) is 0.745. The smallest absolute Gasteiger partial charge is 0.166 e. The molecular weight excluding hydrogens is 254 g/mol. The Labute approximate surface area is 115 Å². The predicted molar refractivity (Wildman–Crippen MR) is 76.0 cm³/mol. The van der Waals surface area contributed by atoms with Crippen LogP contribution in [0.25, 0.3) is 16.9 Å². The van der Waals surface area contributed by atoms with Gasteiger partial charge in [-0.2, -0.15) is 0 Å². The van der Waals surface area contributed by atoms with E-state index in [9.17, 15) is 0 Å². The third-order valence-corrected chi connectivity index (χ3v) is 3.10. The van der Waals surface area contributed by atoms with E-state index in [1.807, 2.05) is 24.4 Å². The number of rotatable bonds is 4. The molecule has 0 aliphatic rings. The lowest BCUT2D eigenvalue weighted by Crippen LogP contribution is -1.96. The standard InChI is InChI=1S/C14H15N5O/c15-13-12(11-5-1-2-6-16-11)14-17-8-10(4-3-7-20)9-19(14)18-13/h1-2,5-6,8-9,20H,3-4,7H2,(H2,15,18). The molecule has 6 heteroatoms. The first-order valence-corrected chi connectivity index (χ1v) is 6.44. The second kappa shape index (κ2) is 5.26. The minimum atomic E-state index is 0.165. The summed E-state index contributed by atoms with van der Waals surface area (Å²) in [4.78, 5) is 8.73. The van der Waals surface area contributed by atoms with Crippen molar-refractivity contribution in [3.05, 3.63) is 42.4 Å². The van der Waals surface area contributed by atoms with E-state index in [1.165, 1.54) is 0 Å². The van der Waals surface area contributed by atoms with Crippen LogP contribution in [-0.4, -0.2) is 31.3 Å². The summed E-state index contributed by atoms with van der Waals surface area (Å²) in [6, 6.07) is 5.64. The lowest BCUT2D eigenvalue weighted by molar-refractivity contribution is 0.288. The Morgan fingerprint density at radius 3 is 2.90 bits per heavy atom. The van der Waals surface area contributed by atoms with Crippen molar-refractivity contribution in [1.29, 1.82) is 0 Å². The van der Waals surface area contributed by atoms with Crippen molar-refractivity contribution < 1.29 is 5.11 Å². The van der Waals surface area contributed by atoms with Gasteiger partial charge in [0.05, 0.1) is 11.3 Å². The van der Waals surface area contributed by atoms with Crippen LogP contribution < -0.4 is 5.73 Å². The van der Waals surface area contributed by atoms with Crippen LogP contribution >= 0.6 is 0 Å². The van der Waals surface area contributed by atoms with Crippen molar-refractivity contribution in [1.82, 2.24) is 19.6 Å². The van der Waals surface area contributed by atoms with Crippen molar-refractivity contribution >= 4 is 11.5 Å². The molecule has 0 aromatic carbocycles. The Morgan fingerprint density at radius 2 is 2.15 bits per heavy atom. The number of aromatic nitrogens is 4. The molecule has 0 amide bonds. The van der Waals surface area contributed by atoms with Crippen LogP contribution in [0.3, 0.4) is 0 Å². The van der Waals surface area contributed by atoms with Crippen molar-refractivity contribution in [2.75, 3.05) is 12.3 Å². The average molecular weight is 269 g/mol. The summed E-state index contributed by atoms with van der Waals surface area (Å²) >= 11 is 0. The molecule has 0 saturated heterocycles. The maximum atomic E-state index is 8.87. The minimum Gasteiger partial charge on any atom is -0.396 e. The molecule has 0 aliphatic heterocycles. The molecule has 20 heavy (non-hydrogen) atoms. The van der Waals surface area contributed by atoms with Gasteiger partial charge in [-0.1, -0.05) is 6.07 Å². The summed E-state index contributed by atoms with van der Waals surface area (Å²) in [7, 11) is 0. The van der Waals surface area contributed by atoms with Gasteiger partial charge < -0.3 is 10.8 Å². The zero-order valence-corrected chi connectivity index (χ0v) is 10.9. The molecule has 0 radical (unpaired) electrons. The molecule has 102 valence electrons. The highest BCUT2D eigenvalue weighted by Crippen LogP contribution is 2.27. The Bertz CT molecular complexity index is 723. The van der Waals surface area contributed by atoms with Crippen LogP contribution in [0.1, 0.15) is 12.0 Å². The van der Waals surface area contributed by atoms with Gasteiger partial charge in [-0.3, -0.25) is 4.98 Å². The minimum absolute atomic E-state index is 0.165. The van der Waals surface area contributed by atoms with Gasteiger partial charge in [-0.15, -0.1) is 5.10 Å². The molecule has 6 nitrogen and oxygen atoms in total. The van der Waals surface area contributed by atoms with Crippen molar-refractivity contribution in [3.63, 3.8) is 0 Å². The fraction of sp³-hybridized carbons (Fsp3) is 0.214. The Hall–Kier alpha value is -2.47. The molecule has 3 rings (SSSR count). The average Bonchev–Trinajstić information content (AvgIpc) is 2.81. The topological polar surface area (TPSA) is 89.3 Å². The number of fused-ring (bicyclic) bond motifs is 1. The normalized spacial score (nSPS) is 11.1. The van der Waals surface area contributed by atoms with Gasteiger partial charge in [-0.25, -0.2) is 9.50 Å². The third kappa shape index (κ3) is 2.21. The Kier molecular flexibility index (Phi) is 3.30. The van der Waals surface area contributed by atoms with Gasteiger partial charge in [0.2, 0.25) is 0 Å². The lowest BCUT2D eigenvalue weighted by Gasteiger charge is -2.01. The monoisotopic (exact) mass is 269 g/mol. The molecule has 0 bridgehead atoms. The van der Waals surface area contributed by atoms with Crippen molar-refractivity contribution in [2.45, 2.75) is 12.8 Å². The highest BCUT2D eigenvalue weighted by Gasteiger charge is 2.14. The van der Waals surface area contributed by atoms with Crippen LogP contribution in [0.5, 0.6) is 0 Å². The number of aliphatic hydroxyl groups is 1. The summed E-state index contributed by atoms with van der Waals surface area (Å²) in [5.74, 6) is 0.413. The molecule has 0 unspecified atom stereocenters. The SMILES string of the molecule is Nc1nn2cc(CCCO)cnc2c1-c1ccccn1. The molecule has 0 atom stereocenters. The number of nitrogen functional groups attached to an aromatic ring is 1. The first-order chi connectivity index (χ1) is 9.79. The van der Waals surface area contributed by atoms with Crippen molar-refractivity contribution in [3.8, 4) is 11.3 Å². The van der Waals surface area contributed by atoms with Gasteiger partial charge in [-0.05, 0) is 30.5 Å². The predicted octanol–water partition coefficient (Wildman–Crippen LogP) is 1.30. The van der Waals surface area contributed by atoms with Crippen LogP contribution in [0.2, 0.25) is 0 Å². The third-order valence-electron chi connectivity index (χ3n) is 3.10. The largest absolute Gasteiger partial charge is 0.396 e. The van der Waals surface area contributed by atoms with Crippen LogP contribution in [0.4, 0.5) is 5.82 Å². The summed E-state index contributed by atoms with van der Waals surface area (Å²) in [6.07, 6.45) is 6.86. The fourth-order valence-corrected chi connectivity index (χ4v) is 2.16. The van der Waals surface area contributed by atoms with Gasteiger partial charge in [0.15, 0.2) is 11.5 Å². The van der Waals surface area contributed by atoms with E-state index >= 15 is 0 Å². The Morgan fingerprint density at radius 1 is 1.25 bits per heavy atom. The zero-order valence-electron chi connectivity index (χ0n) is 10.9. The van der Waals surface area contributed by atoms with Crippen LogP contribution in [0, 0.1) is 0 Å². The molecule has 3 N–H and O–H groups in total. The van der Waals surface area contributed by atoms with Crippen LogP contribution in [-0.2, 0) is 6.42 Å². The zero-order chi connectivity index (χ0) is 13.9. The number of anilines is 1. The van der Waals surface area contributed by atoms with Gasteiger partial charge in [0.25, 0.3) is 0 Å². The first-order valence-electron chi connectivity index (χ1n) is 6.44. The Balaban J connectivity index is 2.08. The summed E-state index contributed by atoms with van der Waals surface area (Å²) < 4.78 is 1.67. The van der Waals surface area contributed by atoms with E-state index in [0.29, 0.717) is 17.9 Å². The molecule has 0 aliphatic carbocycles. The second-order valence-corrected chi connectivity index (χ2v) is 4.53. The number of aryl methyl sites for hydroxylation is 1. The highest BCUT2D eigenvalue weighted by molar-refractivity contribution is 5.84. The van der Waals surface area contributed by atoms with Gasteiger partial charge >= 0.3 is 0 Å². The number of nitrogens with zero attached hydrogens (tertiary/aromatic N) is 4. The maximum absolute atomic E-state index is 8.87. The van der Waals surface area contributed by atoms with Crippen LogP contribution in [0.15, 0.2) is 36.8 Å². The molecule has 0 fully saturated rings. The van der Waals surface area contributed by atoms with E-state index in [2.05, 4.69) is 15.1 Å². The molecule has 3 aromatic rings. The van der Waals surface area contributed by atoms with E-state index in [4.69, 9.17) is 10.8 Å². The van der Waals surface area contributed by atoms with E-state index in [0.717, 1.165) is 23.2 Å². The maximum Gasteiger partial charge on any atom is 0.166 e. The fourth-order valence-electron chi connectivity index (χ4n) is 2.16. The van der Waals surface area contributed by atoms with Gasteiger partial charge in [0, 0.05) is 25.2 Å². The molecule has 3 aromatic heterocycles. The first kappa shape index (κ1) is 12.6. The van der Waals surface area contributed by atoms with Gasteiger partial charge in [0.1, 0.15) is 0 Å². The van der Waals surface area contributed by atoms with E-state index in [1.54, 1.807) is 16.9 Å². The number of hydrogen-bond acceptors (Lipinski definition) is 5. The number of aliphatic hydroxyl groups excluding tert-OH is 1. The molecular formula is C14H15N5O. The second-order valence-electron chi connectivity index (χ2n) is 4.53. The van der Waals surface area contributed by atoms with Crippen molar-refractivity contribution in [2.24, 2.45) is 0 Å². The van der Waals surface area contributed by atoms with E-state index < -0.39 is 0 Å². The summed E-state index contributed by atoms with van der Waals surface area (Å²) in [5, 5.41) is 13.2.